The van der Waals surface area contributed by atoms with Gasteiger partial charge in [0.05, 0.1) is 18.2 Å². The van der Waals surface area contributed by atoms with Crippen molar-refractivity contribution in [2.75, 3.05) is 39.4 Å². The lowest BCUT2D eigenvalue weighted by Gasteiger charge is -2.27. The predicted molar refractivity (Wildman–Crippen MR) is 150 cm³/mol. The number of aryl methyl sites for hydroxylation is 1. The number of rotatable bonds is 13. The molecule has 3 rings (SSSR count). The molecule has 0 aliphatic carbocycles. The third kappa shape index (κ3) is 6.25. The number of carbonyl (C=O) groups excluding carboxylic acids is 3. The van der Waals surface area contributed by atoms with Crippen LogP contribution in [0.25, 0.3) is 5.76 Å². The van der Waals surface area contributed by atoms with Gasteiger partial charge in [0.1, 0.15) is 23.8 Å². The van der Waals surface area contributed by atoms with Crippen LogP contribution in [0.1, 0.15) is 66.1 Å². The summed E-state index contributed by atoms with van der Waals surface area (Å²) < 4.78 is 10.7. The van der Waals surface area contributed by atoms with Crippen molar-refractivity contribution in [3.8, 4) is 5.75 Å². The molecule has 1 unspecified atom stereocenters. The molecule has 1 aromatic heterocycles. The molecule has 210 valence electrons. The normalized spacial score (nSPS) is 16.7. The number of H-pyrrole nitrogens is 1. The van der Waals surface area contributed by atoms with Gasteiger partial charge in [-0.05, 0) is 70.1 Å². The maximum atomic E-state index is 13.4. The molecular formula is C30H39N3O6. The number of likely N-dealkylation sites (tertiary alicyclic amines) is 1. The van der Waals surface area contributed by atoms with E-state index in [-0.39, 0.29) is 23.6 Å². The first kappa shape index (κ1) is 29.7. The number of aromatic nitrogens is 1. The van der Waals surface area contributed by atoms with Crippen LogP contribution in [0.5, 0.6) is 5.75 Å². The van der Waals surface area contributed by atoms with Crippen molar-refractivity contribution in [2.24, 2.45) is 0 Å². The van der Waals surface area contributed by atoms with E-state index in [4.69, 9.17) is 9.47 Å². The van der Waals surface area contributed by atoms with E-state index in [0.717, 1.165) is 19.6 Å². The van der Waals surface area contributed by atoms with Crippen LogP contribution in [0.15, 0.2) is 42.5 Å². The second-order valence-corrected chi connectivity index (χ2v) is 9.39. The van der Waals surface area contributed by atoms with Crippen LogP contribution in [0.2, 0.25) is 0 Å². The number of ether oxygens (including phenoxy) is 2. The molecule has 0 saturated carbocycles. The summed E-state index contributed by atoms with van der Waals surface area (Å²) in [5.41, 5.74) is 2.11. The Balaban J connectivity index is 2.10. The van der Waals surface area contributed by atoms with E-state index in [9.17, 15) is 19.5 Å². The Kier molecular flexibility index (Phi) is 10.1. The van der Waals surface area contributed by atoms with Crippen LogP contribution >= 0.6 is 0 Å². The number of Topliss-reactive ketones (excluding diaryl/α,β-unsaturated/α-hetero) is 1. The highest BCUT2D eigenvalue weighted by Gasteiger charge is 2.46. The summed E-state index contributed by atoms with van der Waals surface area (Å²) in [7, 11) is 0. The number of benzene rings is 1. The molecule has 0 radical (unpaired) electrons. The number of carbonyl (C=O) groups is 3. The largest absolute Gasteiger partial charge is 0.507 e. The van der Waals surface area contributed by atoms with E-state index >= 15 is 0 Å². The quantitative estimate of drug-likeness (QED) is 0.127. The van der Waals surface area contributed by atoms with Gasteiger partial charge in [0.15, 0.2) is 0 Å². The average molecular weight is 538 g/mol. The monoisotopic (exact) mass is 537 g/mol. The number of nitrogens with zero attached hydrogens (tertiary/aromatic N) is 2. The Morgan fingerprint density at radius 1 is 1.15 bits per heavy atom. The van der Waals surface area contributed by atoms with Gasteiger partial charge in [-0.2, -0.15) is 0 Å². The highest BCUT2D eigenvalue weighted by atomic mass is 16.5. The Morgan fingerprint density at radius 2 is 1.82 bits per heavy atom. The molecule has 1 saturated heterocycles. The standard InChI is InChI=1S/C30H39N3O6/c1-7-18-39-22-14-12-21(13-15-22)26-24(28(35)29(36)33(26)17-11-16-32(8-2)9-3)27(34)23-19(5)25(31-20(23)6)30(37)38-10-4/h7,12-15,26,31,34H,1,8-11,16-18H2,2-6H3/b27-24+. The van der Waals surface area contributed by atoms with Crippen molar-refractivity contribution in [3.63, 3.8) is 0 Å². The van der Waals surface area contributed by atoms with Crippen molar-refractivity contribution in [2.45, 2.75) is 47.1 Å². The Hall–Kier alpha value is -3.85. The van der Waals surface area contributed by atoms with Crippen LogP contribution < -0.4 is 4.74 Å². The van der Waals surface area contributed by atoms with Gasteiger partial charge < -0.3 is 29.4 Å². The number of esters is 1. The molecule has 2 N–H and O–H groups in total. The SMILES string of the molecule is C=CCOc1ccc(C2/C(=C(\O)c3c(C)[nH]c(C(=O)OCC)c3C)C(=O)C(=O)N2CCCN(CC)CC)cc1. The third-order valence-corrected chi connectivity index (χ3v) is 7.03. The Bertz CT molecular complexity index is 1240. The predicted octanol–water partition coefficient (Wildman–Crippen LogP) is 4.53. The fraction of sp³-hybridized carbons (Fsp3) is 0.433. The minimum Gasteiger partial charge on any atom is -0.507 e. The zero-order chi connectivity index (χ0) is 28.7. The van der Waals surface area contributed by atoms with Crippen molar-refractivity contribution in [3.05, 3.63) is 70.6 Å². The lowest BCUT2D eigenvalue weighted by Crippen LogP contribution is -2.33. The molecular weight excluding hydrogens is 498 g/mol. The van der Waals surface area contributed by atoms with E-state index in [1.165, 1.54) is 4.90 Å². The topological polar surface area (TPSA) is 112 Å². The molecule has 1 amide bonds. The van der Waals surface area contributed by atoms with E-state index in [0.29, 0.717) is 47.7 Å². The summed E-state index contributed by atoms with van der Waals surface area (Å²) in [6.45, 7) is 16.3. The molecule has 1 aromatic carbocycles. The van der Waals surface area contributed by atoms with Crippen LogP contribution in [-0.2, 0) is 14.3 Å². The molecule has 0 bridgehead atoms. The molecule has 1 atom stereocenters. The van der Waals surface area contributed by atoms with E-state index in [1.54, 1.807) is 51.1 Å². The molecule has 1 fully saturated rings. The van der Waals surface area contributed by atoms with E-state index in [2.05, 4.69) is 30.3 Å². The van der Waals surface area contributed by atoms with Crippen molar-refractivity contribution >= 4 is 23.4 Å². The summed E-state index contributed by atoms with van der Waals surface area (Å²) in [4.78, 5) is 46.0. The van der Waals surface area contributed by atoms with Crippen LogP contribution in [0.4, 0.5) is 0 Å². The summed E-state index contributed by atoms with van der Waals surface area (Å²) in [6.07, 6.45) is 2.31. The highest BCUT2D eigenvalue weighted by molar-refractivity contribution is 6.46. The van der Waals surface area contributed by atoms with E-state index < -0.39 is 23.7 Å². The van der Waals surface area contributed by atoms with Gasteiger partial charge in [0.25, 0.3) is 11.7 Å². The van der Waals surface area contributed by atoms with Crippen molar-refractivity contribution < 1.29 is 29.0 Å². The fourth-order valence-corrected chi connectivity index (χ4v) is 5.01. The number of aromatic amines is 1. The molecule has 0 spiro atoms. The van der Waals surface area contributed by atoms with Gasteiger partial charge in [0.2, 0.25) is 0 Å². The van der Waals surface area contributed by atoms with Crippen molar-refractivity contribution in [1.29, 1.82) is 0 Å². The zero-order valence-electron chi connectivity index (χ0n) is 23.5. The molecule has 2 heterocycles. The second kappa shape index (κ2) is 13.3. The van der Waals surface area contributed by atoms with Gasteiger partial charge in [-0.3, -0.25) is 9.59 Å². The first-order valence-electron chi connectivity index (χ1n) is 13.4. The number of hydrogen-bond donors (Lipinski definition) is 2. The maximum Gasteiger partial charge on any atom is 0.355 e. The fourth-order valence-electron chi connectivity index (χ4n) is 5.01. The van der Waals surface area contributed by atoms with Gasteiger partial charge >= 0.3 is 5.97 Å². The maximum absolute atomic E-state index is 13.4. The summed E-state index contributed by atoms with van der Waals surface area (Å²) in [5.74, 6) is -1.68. The first-order chi connectivity index (χ1) is 18.7. The number of hydrogen-bond acceptors (Lipinski definition) is 7. The lowest BCUT2D eigenvalue weighted by atomic mass is 9.94. The lowest BCUT2D eigenvalue weighted by molar-refractivity contribution is -0.140. The Labute approximate surface area is 230 Å². The minimum atomic E-state index is -0.796. The summed E-state index contributed by atoms with van der Waals surface area (Å²) in [6, 6.07) is 6.32. The molecule has 1 aliphatic heterocycles. The molecule has 9 heteroatoms. The van der Waals surface area contributed by atoms with Crippen LogP contribution in [0, 0.1) is 13.8 Å². The molecule has 2 aromatic rings. The number of nitrogens with one attached hydrogen (secondary N) is 1. The Morgan fingerprint density at radius 3 is 2.41 bits per heavy atom. The van der Waals surface area contributed by atoms with E-state index in [1.807, 2.05) is 0 Å². The first-order valence-corrected chi connectivity index (χ1v) is 13.4. The van der Waals surface area contributed by atoms with Crippen LogP contribution in [0.3, 0.4) is 0 Å². The summed E-state index contributed by atoms with van der Waals surface area (Å²) in [5, 5.41) is 11.6. The molecule has 9 nitrogen and oxygen atoms in total. The number of ketones is 1. The van der Waals surface area contributed by atoms with Gasteiger partial charge in [-0.1, -0.05) is 38.6 Å². The van der Waals surface area contributed by atoms with Gasteiger partial charge in [-0.25, -0.2) is 4.79 Å². The third-order valence-electron chi connectivity index (χ3n) is 7.03. The molecule has 1 aliphatic rings. The number of aliphatic hydroxyl groups excluding tert-OH is 1. The van der Waals surface area contributed by atoms with Crippen molar-refractivity contribution in [1.82, 2.24) is 14.8 Å². The van der Waals surface area contributed by atoms with Gasteiger partial charge in [0, 0.05) is 17.8 Å². The highest BCUT2D eigenvalue weighted by Crippen LogP contribution is 2.41. The molecule has 39 heavy (non-hydrogen) atoms. The zero-order valence-corrected chi connectivity index (χ0v) is 23.5. The number of aliphatic hydroxyl groups is 1. The second-order valence-electron chi connectivity index (χ2n) is 9.39. The minimum absolute atomic E-state index is 0.0109. The summed E-state index contributed by atoms with van der Waals surface area (Å²) >= 11 is 0. The van der Waals surface area contributed by atoms with Crippen LogP contribution in [-0.4, -0.2) is 76.9 Å². The van der Waals surface area contributed by atoms with Gasteiger partial charge in [-0.15, -0.1) is 0 Å². The number of amides is 1. The smallest absolute Gasteiger partial charge is 0.355 e. The average Bonchev–Trinajstić information content (AvgIpc) is 3.37.